The van der Waals surface area contributed by atoms with E-state index in [0.717, 1.165) is 63.4 Å². The summed E-state index contributed by atoms with van der Waals surface area (Å²) in [7, 11) is 0. The first-order valence-electron chi connectivity index (χ1n) is 12.8. The van der Waals surface area contributed by atoms with Crippen molar-refractivity contribution in [3.05, 3.63) is 23.8 Å². The number of aliphatic carboxylic acids is 1. The fraction of sp³-hybridized carbons (Fsp3) is 0.808. The van der Waals surface area contributed by atoms with Crippen LogP contribution in [0.3, 0.4) is 0 Å². The molecule has 0 aromatic carbocycles. The van der Waals surface area contributed by atoms with Crippen molar-refractivity contribution in [2.75, 3.05) is 6.61 Å². The topological polar surface area (TPSA) is 130 Å². The van der Waals surface area contributed by atoms with Crippen LogP contribution in [0.4, 0.5) is 0 Å². The van der Waals surface area contributed by atoms with Crippen molar-refractivity contribution in [3.63, 3.8) is 0 Å². The average Bonchev–Trinajstić information content (AvgIpc) is 2.94. The van der Waals surface area contributed by atoms with E-state index >= 15 is 0 Å². The summed E-state index contributed by atoms with van der Waals surface area (Å²) in [5, 5.41) is 52.1. The summed E-state index contributed by atoms with van der Waals surface area (Å²) < 4.78 is 0. The number of aliphatic hydroxyl groups is 4. The van der Waals surface area contributed by atoms with E-state index in [1.807, 2.05) is 13.0 Å². The van der Waals surface area contributed by atoms with E-state index in [1.54, 1.807) is 12.2 Å². The molecule has 1 fully saturated rings. The van der Waals surface area contributed by atoms with Gasteiger partial charge in [-0.25, -0.2) is 0 Å². The summed E-state index contributed by atoms with van der Waals surface area (Å²) in [4.78, 5) is 11.3. The van der Waals surface area contributed by atoms with Crippen molar-refractivity contribution in [2.45, 2.75) is 121 Å². The third-order valence-electron chi connectivity index (χ3n) is 6.58. The highest BCUT2D eigenvalue weighted by atomic mass is 16.4. The van der Waals surface area contributed by atoms with Gasteiger partial charge in [-0.3, -0.25) is 4.79 Å². The molecule has 0 aromatic heterocycles. The Bertz CT molecular complexity index is 593. The predicted molar refractivity (Wildman–Crippen MR) is 131 cm³/mol. The van der Waals surface area contributed by atoms with Gasteiger partial charge in [0.1, 0.15) is 0 Å². The maximum atomic E-state index is 11.3. The molecule has 1 aliphatic heterocycles. The van der Waals surface area contributed by atoms with Crippen molar-refractivity contribution < 1.29 is 30.3 Å². The normalized spacial score (nSPS) is 25.0. The van der Waals surface area contributed by atoms with Crippen LogP contribution >= 0.6 is 0 Å². The number of hydrogen-bond donors (Lipinski definition) is 6. The molecule has 6 unspecified atom stereocenters. The second kappa shape index (κ2) is 17.2. The summed E-state index contributed by atoms with van der Waals surface area (Å²) in [5.74, 6) is -0.583. The van der Waals surface area contributed by atoms with Gasteiger partial charge in [0.15, 0.2) is 0 Å². The molecule has 192 valence electrons. The lowest BCUT2D eigenvalue weighted by Crippen LogP contribution is -2.40. The number of unbranched alkanes of at least 4 members (excludes halogenated alkanes) is 2. The number of allylic oxidation sites excluding steroid dienone is 2. The van der Waals surface area contributed by atoms with Crippen molar-refractivity contribution in [3.8, 4) is 0 Å². The Balaban J connectivity index is 2.62. The molecule has 0 bridgehead atoms. The van der Waals surface area contributed by atoms with Gasteiger partial charge in [-0.15, -0.1) is 0 Å². The highest BCUT2D eigenvalue weighted by Gasteiger charge is 2.27. The van der Waals surface area contributed by atoms with E-state index in [2.05, 4.69) is 12.2 Å². The van der Waals surface area contributed by atoms with Gasteiger partial charge in [0.05, 0.1) is 24.9 Å². The Hall–Kier alpha value is -1.25. The molecular weight excluding hydrogens is 422 g/mol. The Morgan fingerprint density at radius 3 is 2.58 bits per heavy atom. The number of nitrogens with one attached hydrogen (secondary N) is 1. The molecule has 6 atom stereocenters. The SMILES string of the molecule is CCCCC(O)C(O)C=CC=C(CCCCC1NC(C)CCCC1CC(=O)O)CC(O)CO. The Morgan fingerprint density at radius 1 is 1.15 bits per heavy atom. The van der Waals surface area contributed by atoms with E-state index in [-0.39, 0.29) is 25.0 Å². The van der Waals surface area contributed by atoms with Crippen LogP contribution in [-0.2, 0) is 4.79 Å². The largest absolute Gasteiger partial charge is 0.481 e. The monoisotopic (exact) mass is 469 g/mol. The molecule has 0 spiro atoms. The zero-order chi connectivity index (χ0) is 24.6. The molecule has 0 aliphatic carbocycles. The van der Waals surface area contributed by atoms with Crippen LogP contribution in [0.1, 0.15) is 90.9 Å². The van der Waals surface area contributed by atoms with E-state index in [1.165, 1.54) is 0 Å². The van der Waals surface area contributed by atoms with Crippen molar-refractivity contribution in [1.29, 1.82) is 0 Å². The third-order valence-corrected chi connectivity index (χ3v) is 6.58. The third kappa shape index (κ3) is 13.3. The number of rotatable bonds is 16. The molecule has 0 radical (unpaired) electrons. The van der Waals surface area contributed by atoms with Crippen LogP contribution in [0.2, 0.25) is 0 Å². The Morgan fingerprint density at radius 2 is 1.91 bits per heavy atom. The maximum absolute atomic E-state index is 11.3. The van der Waals surface area contributed by atoms with Crippen LogP contribution in [0.15, 0.2) is 23.8 Å². The maximum Gasteiger partial charge on any atom is 0.303 e. The van der Waals surface area contributed by atoms with Crippen molar-refractivity contribution in [1.82, 2.24) is 5.32 Å². The molecule has 7 heteroatoms. The lowest BCUT2D eigenvalue weighted by Gasteiger charge is -2.26. The lowest BCUT2D eigenvalue weighted by atomic mass is 9.88. The number of hydrogen-bond acceptors (Lipinski definition) is 6. The number of carbonyl (C=O) groups is 1. The molecule has 1 heterocycles. The first-order valence-corrected chi connectivity index (χ1v) is 12.8. The standard InChI is InChI=1S/C26H47NO6/c1-3-4-14-24(30)25(31)15-8-11-20(16-22(29)18-28)10-5-6-13-23-21(17-26(32)33)12-7-9-19(2)27-23/h8,11,15,19,21-25,27-31H,3-7,9-10,12-14,16-18H2,1-2H3,(H,32,33). The van der Waals surface area contributed by atoms with Gasteiger partial charge in [0.2, 0.25) is 0 Å². The Labute approximate surface area is 199 Å². The summed E-state index contributed by atoms with van der Waals surface area (Å²) in [6.45, 7) is 3.89. The van der Waals surface area contributed by atoms with Gasteiger partial charge in [0.25, 0.3) is 0 Å². The second-order valence-electron chi connectivity index (χ2n) is 9.66. The highest BCUT2D eigenvalue weighted by Crippen LogP contribution is 2.26. The molecule has 0 aromatic rings. The van der Waals surface area contributed by atoms with Crippen LogP contribution in [-0.4, -0.2) is 68.5 Å². The van der Waals surface area contributed by atoms with E-state index in [0.29, 0.717) is 18.9 Å². The average molecular weight is 470 g/mol. The molecule has 1 saturated heterocycles. The molecule has 1 aliphatic rings. The molecule has 0 saturated carbocycles. The summed E-state index contributed by atoms with van der Waals surface area (Å²) in [5.41, 5.74) is 0.979. The minimum absolute atomic E-state index is 0.155. The van der Waals surface area contributed by atoms with Crippen LogP contribution in [0, 0.1) is 5.92 Å². The fourth-order valence-electron chi connectivity index (χ4n) is 4.61. The van der Waals surface area contributed by atoms with Gasteiger partial charge in [-0.1, -0.05) is 56.4 Å². The molecule has 33 heavy (non-hydrogen) atoms. The molecule has 1 rings (SSSR count). The number of carboxylic acids is 1. The first-order chi connectivity index (χ1) is 15.8. The van der Waals surface area contributed by atoms with E-state index in [9.17, 15) is 30.3 Å². The summed E-state index contributed by atoms with van der Waals surface area (Å²) >= 11 is 0. The van der Waals surface area contributed by atoms with Crippen LogP contribution < -0.4 is 5.32 Å². The minimum atomic E-state index is -0.925. The van der Waals surface area contributed by atoms with Gasteiger partial charge in [-0.2, -0.15) is 0 Å². The zero-order valence-corrected chi connectivity index (χ0v) is 20.5. The molecule has 7 nitrogen and oxygen atoms in total. The summed E-state index contributed by atoms with van der Waals surface area (Å²) in [6.07, 6.45) is 12.1. The zero-order valence-electron chi connectivity index (χ0n) is 20.5. The minimum Gasteiger partial charge on any atom is -0.481 e. The van der Waals surface area contributed by atoms with Gasteiger partial charge in [-0.05, 0) is 57.8 Å². The smallest absolute Gasteiger partial charge is 0.303 e. The first kappa shape index (κ1) is 29.8. The summed E-state index contributed by atoms with van der Waals surface area (Å²) in [6, 6.07) is 0.599. The van der Waals surface area contributed by atoms with Gasteiger partial charge in [0, 0.05) is 18.5 Å². The second-order valence-corrected chi connectivity index (χ2v) is 9.66. The Kier molecular flexibility index (Phi) is 15.5. The lowest BCUT2D eigenvalue weighted by molar-refractivity contribution is -0.138. The number of carboxylic acid groups (broad SMARTS) is 1. The number of aliphatic hydroxyl groups excluding tert-OH is 4. The van der Waals surface area contributed by atoms with Crippen LogP contribution in [0.5, 0.6) is 0 Å². The van der Waals surface area contributed by atoms with Crippen molar-refractivity contribution >= 4 is 5.97 Å². The predicted octanol–water partition coefficient (Wildman–Crippen LogP) is 3.31. The fourth-order valence-corrected chi connectivity index (χ4v) is 4.61. The van der Waals surface area contributed by atoms with E-state index in [4.69, 9.17) is 0 Å². The van der Waals surface area contributed by atoms with Gasteiger partial charge >= 0.3 is 5.97 Å². The quantitative estimate of drug-likeness (QED) is 0.151. The van der Waals surface area contributed by atoms with Crippen LogP contribution in [0.25, 0.3) is 0 Å². The van der Waals surface area contributed by atoms with Gasteiger partial charge < -0.3 is 30.8 Å². The molecule has 6 N–H and O–H groups in total. The van der Waals surface area contributed by atoms with Crippen molar-refractivity contribution in [2.24, 2.45) is 5.92 Å². The molecular formula is C26H47NO6. The van der Waals surface area contributed by atoms with E-state index < -0.39 is 24.3 Å². The molecule has 0 amide bonds. The highest BCUT2D eigenvalue weighted by molar-refractivity contribution is 5.67.